The molecule has 0 amide bonds. The molecule has 1 aliphatic rings. The van der Waals surface area contributed by atoms with E-state index < -0.39 is 11.7 Å². The molecule has 1 fully saturated rings. The summed E-state index contributed by atoms with van der Waals surface area (Å²) in [5.41, 5.74) is 0.444. The van der Waals surface area contributed by atoms with E-state index in [1.807, 2.05) is 11.0 Å². The molecule has 0 N–H and O–H groups in total. The van der Waals surface area contributed by atoms with Crippen LogP contribution in [0.4, 0.5) is 23.2 Å². The number of anilines is 1. The first-order chi connectivity index (χ1) is 13.3. The molecule has 2 aromatic carbocycles. The minimum absolute atomic E-state index is 0.120. The van der Waals surface area contributed by atoms with Gasteiger partial charge in [-0.1, -0.05) is 12.1 Å². The predicted molar refractivity (Wildman–Crippen MR) is 99.6 cm³/mol. The van der Waals surface area contributed by atoms with Crippen molar-refractivity contribution >= 4 is 17.3 Å². The quantitative estimate of drug-likeness (QED) is 0.536. The second-order valence-electron chi connectivity index (χ2n) is 6.66. The van der Waals surface area contributed by atoms with E-state index >= 15 is 0 Å². The number of hydrogen-bond donors (Lipinski definition) is 0. The Kier molecular flexibility index (Phi) is 6.11. The molecule has 0 aromatic heterocycles. The smallest absolute Gasteiger partial charge is 0.369 e. The maximum atomic E-state index is 13.9. The van der Waals surface area contributed by atoms with Gasteiger partial charge in [0.1, 0.15) is 5.82 Å². The van der Waals surface area contributed by atoms with Crippen molar-refractivity contribution in [3.05, 3.63) is 64.5 Å². The number of halogens is 5. The highest BCUT2D eigenvalue weighted by atomic mass is 35.5. The summed E-state index contributed by atoms with van der Waals surface area (Å²) in [7, 11) is 0. The summed E-state index contributed by atoms with van der Waals surface area (Å²) in [6.45, 7) is 2.94. The number of rotatable bonds is 4. The van der Waals surface area contributed by atoms with Gasteiger partial charge in [-0.3, -0.25) is 4.90 Å². The molecular formula is C20H18ClF4N3. The highest BCUT2D eigenvalue weighted by Crippen LogP contribution is 2.34. The monoisotopic (exact) mass is 411 g/mol. The van der Waals surface area contributed by atoms with E-state index in [0.717, 1.165) is 11.6 Å². The van der Waals surface area contributed by atoms with Crippen molar-refractivity contribution in [1.29, 1.82) is 5.26 Å². The van der Waals surface area contributed by atoms with E-state index in [2.05, 4.69) is 4.90 Å². The van der Waals surface area contributed by atoms with Crippen LogP contribution in [-0.2, 0) is 18.6 Å². The van der Waals surface area contributed by atoms with Crippen molar-refractivity contribution in [2.24, 2.45) is 0 Å². The standard InChI is InChI=1S/C20H18ClF4N3/c21-11-15-2-1-14(9-19(15)22)13-27-5-7-28(8-6-27)17-4-3-16(12-26)18(10-17)20(23,24)25/h1-4,9-10H,5-8,11,13H2. The van der Waals surface area contributed by atoms with Crippen LogP contribution in [0.5, 0.6) is 0 Å². The molecule has 1 heterocycles. The van der Waals surface area contributed by atoms with Crippen LogP contribution in [0.2, 0.25) is 0 Å². The summed E-state index contributed by atoms with van der Waals surface area (Å²) in [5.74, 6) is -0.210. The van der Waals surface area contributed by atoms with Gasteiger partial charge in [0.25, 0.3) is 0 Å². The molecule has 0 atom stereocenters. The Morgan fingerprint density at radius 1 is 1.04 bits per heavy atom. The first kappa shape index (κ1) is 20.4. The zero-order valence-corrected chi connectivity index (χ0v) is 15.7. The fraction of sp³-hybridized carbons (Fsp3) is 0.350. The number of nitrogens with zero attached hydrogens (tertiary/aromatic N) is 3. The van der Waals surface area contributed by atoms with Gasteiger partial charge >= 0.3 is 6.18 Å². The molecule has 3 nitrogen and oxygen atoms in total. The Morgan fingerprint density at radius 3 is 2.32 bits per heavy atom. The zero-order valence-electron chi connectivity index (χ0n) is 14.9. The van der Waals surface area contributed by atoms with Gasteiger partial charge in [0.15, 0.2) is 0 Å². The van der Waals surface area contributed by atoms with Crippen LogP contribution in [0.3, 0.4) is 0 Å². The van der Waals surface area contributed by atoms with Crippen LogP contribution in [0.1, 0.15) is 22.3 Å². The molecule has 28 heavy (non-hydrogen) atoms. The maximum Gasteiger partial charge on any atom is 0.417 e. The van der Waals surface area contributed by atoms with Crippen molar-refractivity contribution in [3.63, 3.8) is 0 Å². The second-order valence-corrected chi connectivity index (χ2v) is 6.93. The lowest BCUT2D eigenvalue weighted by Gasteiger charge is -2.36. The van der Waals surface area contributed by atoms with E-state index in [0.29, 0.717) is 44.0 Å². The maximum absolute atomic E-state index is 13.9. The molecular weight excluding hydrogens is 394 g/mol. The van der Waals surface area contributed by atoms with Crippen molar-refractivity contribution in [3.8, 4) is 6.07 Å². The van der Waals surface area contributed by atoms with E-state index in [1.165, 1.54) is 12.1 Å². The van der Waals surface area contributed by atoms with Gasteiger partial charge in [0.2, 0.25) is 0 Å². The van der Waals surface area contributed by atoms with Gasteiger partial charge in [-0.25, -0.2) is 4.39 Å². The third-order valence-corrected chi connectivity index (χ3v) is 5.12. The molecule has 1 aliphatic heterocycles. The number of nitriles is 1. The van der Waals surface area contributed by atoms with E-state index in [9.17, 15) is 17.6 Å². The van der Waals surface area contributed by atoms with E-state index in [1.54, 1.807) is 18.2 Å². The highest BCUT2D eigenvalue weighted by molar-refractivity contribution is 6.17. The van der Waals surface area contributed by atoms with E-state index in [4.69, 9.17) is 16.9 Å². The molecule has 3 rings (SSSR count). The molecule has 0 radical (unpaired) electrons. The highest BCUT2D eigenvalue weighted by Gasteiger charge is 2.34. The molecule has 0 unspecified atom stereocenters. The average molecular weight is 412 g/mol. The Morgan fingerprint density at radius 2 is 1.75 bits per heavy atom. The van der Waals surface area contributed by atoms with Crippen molar-refractivity contribution in [2.75, 3.05) is 31.1 Å². The number of piperazine rings is 1. The number of alkyl halides is 4. The first-order valence-electron chi connectivity index (χ1n) is 8.73. The Labute approximate surface area is 165 Å². The molecule has 0 aliphatic carbocycles. The van der Waals surface area contributed by atoms with E-state index in [-0.39, 0.29) is 17.3 Å². The summed E-state index contributed by atoms with van der Waals surface area (Å²) < 4.78 is 53.3. The van der Waals surface area contributed by atoms with Crippen LogP contribution in [-0.4, -0.2) is 31.1 Å². The molecule has 148 valence electrons. The minimum atomic E-state index is -4.57. The Balaban J connectivity index is 1.66. The van der Waals surface area contributed by atoms with Crippen LogP contribution in [0, 0.1) is 17.1 Å². The van der Waals surface area contributed by atoms with Gasteiger partial charge in [-0.2, -0.15) is 18.4 Å². The second kappa shape index (κ2) is 8.38. The summed E-state index contributed by atoms with van der Waals surface area (Å²) >= 11 is 5.66. The van der Waals surface area contributed by atoms with Gasteiger partial charge in [0, 0.05) is 44.0 Å². The molecule has 0 spiro atoms. The lowest BCUT2D eigenvalue weighted by atomic mass is 10.1. The molecule has 1 saturated heterocycles. The largest absolute Gasteiger partial charge is 0.417 e. The fourth-order valence-electron chi connectivity index (χ4n) is 3.28. The lowest BCUT2D eigenvalue weighted by molar-refractivity contribution is -0.137. The predicted octanol–water partition coefficient (Wildman–Crippen LogP) is 4.78. The molecule has 0 bridgehead atoms. The van der Waals surface area contributed by atoms with Gasteiger partial charge in [0.05, 0.1) is 23.1 Å². The molecule has 0 saturated carbocycles. The SMILES string of the molecule is N#Cc1ccc(N2CCN(Cc3ccc(CCl)c(F)c3)CC2)cc1C(F)(F)F. The summed E-state index contributed by atoms with van der Waals surface area (Å²) in [5, 5.41) is 8.91. The van der Waals surface area contributed by atoms with Crippen molar-refractivity contribution < 1.29 is 17.6 Å². The normalized spacial score (nSPS) is 15.5. The summed E-state index contributed by atoms with van der Waals surface area (Å²) in [6, 6.07) is 10.4. The zero-order chi connectivity index (χ0) is 20.3. The van der Waals surface area contributed by atoms with Gasteiger partial charge < -0.3 is 4.90 Å². The van der Waals surface area contributed by atoms with Gasteiger partial charge in [-0.05, 0) is 29.8 Å². The number of benzene rings is 2. The average Bonchev–Trinajstić information content (AvgIpc) is 2.67. The van der Waals surface area contributed by atoms with Crippen LogP contribution >= 0.6 is 11.6 Å². The Hall–Kier alpha value is -2.30. The first-order valence-corrected chi connectivity index (χ1v) is 9.27. The van der Waals surface area contributed by atoms with Crippen molar-refractivity contribution in [1.82, 2.24) is 4.90 Å². The third kappa shape index (κ3) is 4.57. The third-order valence-electron chi connectivity index (χ3n) is 4.83. The lowest BCUT2D eigenvalue weighted by Crippen LogP contribution is -2.46. The Bertz CT molecular complexity index is 884. The minimum Gasteiger partial charge on any atom is -0.369 e. The summed E-state index contributed by atoms with van der Waals surface area (Å²) in [4.78, 5) is 3.99. The van der Waals surface area contributed by atoms with Gasteiger partial charge in [-0.15, -0.1) is 11.6 Å². The fourth-order valence-corrected chi connectivity index (χ4v) is 3.50. The number of hydrogen-bond acceptors (Lipinski definition) is 3. The van der Waals surface area contributed by atoms with Crippen LogP contribution in [0.25, 0.3) is 0 Å². The van der Waals surface area contributed by atoms with Crippen molar-refractivity contribution in [2.45, 2.75) is 18.6 Å². The van der Waals surface area contributed by atoms with Crippen LogP contribution < -0.4 is 4.90 Å². The topological polar surface area (TPSA) is 30.3 Å². The molecule has 8 heteroatoms. The molecule has 2 aromatic rings. The van der Waals surface area contributed by atoms with Crippen LogP contribution in [0.15, 0.2) is 36.4 Å². The summed E-state index contributed by atoms with van der Waals surface area (Å²) in [6.07, 6.45) is -4.57.